The van der Waals surface area contributed by atoms with Crippen LogP contribution < -0.4 is 5.32 Å². The van der Waals surface area contributed by atoms with Crippen molar-refractivity contribution in [1.82, 2.24) is 20.0 Å². The Balaban J connectivity index is 0.00000225. The van der Waals surface area contributed by atoms with E-state index in [9.17, 15) is 0 Å². The molecule has 0 bridgehead atoms. The number of aromatic nitrogens is 2. The normalized spacial score (nSPS) is 17.1. The van der Waals surface area contributed by atoms with E-state index in [0.717, 1.165) is 31.0 Å². The highest BCUT2D eigenvalue weighted by molar-refractivity contribution is 14.0. The van der Waals surface area contributed by atoms with Gasteiger partial charge in [0.05, 0.1) is 17.8 Å². The summed E-state index contributed by atoms with van der Waals surface area (Å²) < 4.78 is 1.86. The molecular formula is C18H23IN6. The molecule has 1 saturated heterocycles. The van der Waals surface area contributed by atoms with E-state index in [2.05, 4.69) is 32.6 Å². The van der Waals surface area contributed by atoms with Gasteiger partial charge in [0.25, 0.3) is 0 Å². The number of benzene rings is 1. The van der Waals surface area contributed by atoms with Gasteiger partial charge in [0.1, 0.15) is 0 Å². The number of nitrogens with zero attached hydrogens (tertiary/aromatic N) is 5. The van der Waals surface area contributed by atoms with Crippen molar-refractivity contribution in [2.75, 3.05) is 20.1 Å². The molecule has 1 aromatic carbocycles. The van der Waals surface area contributed by atoms with Crippen LogP contribution in [0, 0.1) is 11.3 Å². The topological polar surface area (TPSA) is 69.2 Å². The van der Waals surface area contributed by atoms with E-state index in [-0.39, 0.29) is 24.0 Å². The summed E-state index contributed by atoms with van der Waals surface area (Å²) in [5.74, 6) is 1.43. The molecule has 0 aliphatic carbocycles. The maximum absolute atomic E-state index is 8.85. The van der Waals surface area contributed by atoms with Crippen molar-refractivity contribution in [2.24, 2.45) is 12.0 Å². The molecule has 1 unspecified atom stereocenters. The van der Waals surface area contributed by atoms with Crippen LogP contribution >= 0.6 is 24.0 Å². The fourth-order valence-electron chi connectivity index (χ4n) is 3.09. The maximum atomic E-state index is 8.85. The summed E-state index contributed by atoms with van der Waals surface area (Å²) in [5, 5.41) is 16.5. The second-order valence-electron chi connectivity index (χ2n) is 6.09. The Hall–Kier alpha value is -2.08. The van der Waals surface area contributed by atoms with Crippen LogP contribution in [0.3, 0.4) is 0 Å². The van der Waals surface area contributed by atoms with E-state index >= 15 is 0 Å². The first kappa shape index (κ1) is 19.2. The average molecular weight is 450 g/mol. The maximum Gasteiger partial charge on any atom is 0.193 e. The number of hydrogen-bond donors (Lipinski definition) is 1. The van der Waals surface area contributed by atoms with Crippen molar-refractivity contribution in [3.05, 3.63) is 53.3 Å². The summed E-state index contributed by atoms with van der Waals surface area (Å²) >= 11 is 0. The minimum absolute atomic E-state index is 0. The van der Waals surface area contributed by atoms with Crippen LogP contribution in [0.4, 0.5) is 0 Å². The van der Waals surface area contributed by atoms with Crippen molar-refractivity contribution in [2.45, 2.75) is 18.9 Å². The number of rotatable bonds is 3. The highest BCUT2D eigenvalue weighted by Crippen LogP contribution is 2.26. The Kier molecular flexibility index (Phi) is 6.82. The molecule has 1 aromatic heterocycles. The number of likely N-dealkylation sites (tertiary alicyclic amines) is 1. The number of aryl methyl sites for hydroxylation is 1. The molecule has 132 valence electrons. The first-order chi connectivity index (χ1) is 11.7. The lowest BCUT2D eigenvalue weighted by atomic mass is 10.0. The zero-order chi connectivity index (χ0) is 16.9. The van der Waals surface area contributed by atoms with E-state index in [1.165, 1.54) is 5.56 Å². The van der Waals surface area contributed by atoms with Crippen LogP contribution in [-0.2, 0) is 13.6 Å². The molecule has 2 heterocycles. The van der Waals surface area contributed by atoms with E-state index in [0.29, 0.717) is 18.0 Å². The lowest BCUT2D eigenvalue weighted by Gasteiger charge is -2.21. The summed E-state index contributed by atoms with van der Waals surface area (Å²) in [7, 11) is 3.77. The highest BCUT2D eigenvalue weighted by Gasteiger charge is 2.26. The van der Waals surface area contributed by atoms with E-state index in [1.807, 2.05) is 49.2 Å². The molecule has 7 heteroatoms. The van der Waals surface area contributed by atoms with Gasteiger partial charge in [-0.15, -0.1) is 24.0 Å². The van der Waals surface area contributed by atoms with Gasteiger partial charge in [-0.05, 0) is 29.7 Å². The second-order valence-corrected chi connectivity index (χ2v) is 6.09. The third-order valence-electron chi connectivity index (χ3n) is 4.43. The molecule has 2 aromatic rings. The van der Waals surface area contributed by atoms with Gasteiger partial charge < -0.3 is 10.2 Å². The van der Waals surface area contributed by atoms with Crippen molar-refractivity contribution >= 4 is 29.9 Å². The van der Waals surface area contributed by atoms with Crippen molar-refractivity contribution in [1.29, 1.82) is 5.26 Å². The molecule has 1 atom stereocenters. The fraction of sp³-hybridized carbons (Fsp3) is 0.389. The van der Waals surface area contributed by atoms with Crippen LogP contribution in [0.2, 0.25) is 0 Å². The van der Waals surface area contributed by atoms with Gasteiger partial charge in [-0.1, -0.05) is 12.1 Å². The van der Waals surface area contributed by atoms with Gasteiger partial charge in [0.15, 0.2) is 5.96 Å². The number of guanidine groups is 1. The molecule has 1 aliphatic rings. The molecule has 6 nitrogen and oxygen atoms in total. The molecule has 3 rings (SSSR count). The van der Waals surface area contributed by atoms with Gasteiger partial charge >= 0.3 is 0 Å². The summed E-state index contributed by atoms with van der Waals surface area (Å²) in [5.41, 5.74) is 3.11. The Labute approximate surface area is 165 Å². The standard InChI is InChI=1S/C18H22N6.HI/c1-20-18(21-10-15-5-3-14(9-19)4-6-15)24-8-7-16(13-24)17-11-22-23(2)12-17;/h3-6,11-12,16H,7-8,10,13H2,1-2H3,(H,20,21);1H. The average Bonchev–Trinajstić information content (AvgIpc) is 3.25. The number of nitrogens with one attached hydrogen (secondary N) is 1. The largest absolute Gasteiger partial charge is 0.352 e. The van der Waals surface area contributed by atoms with Gasteiger partial charge in [0.2, 0.25) is 0 Å². The van der Waals surface area contributed by atoms with Gasteiger partial charge in [-0.2, -0.15) is 10.4 Å². The van der Waals surface area contributed by atoms with E-state index in [1.54, 1.807) is 0 Å². The molecule has 1 aliphatic heterocycles. The van der Waals surface area contributed by atoms with Crippen LogP contribution in [0.15, 0.2) is 41.7 Å². The number of halogens is 1. The highest BCUT2D eigenvalue weighted by atomic mass is 127. The Morgan fingerprint density at radius 1 is 1.40 bits per heavy atom. The third-order valence-corrected chi connectivity index (χ3v) is 4.43. The lowest BCUT2D eigenvalue weighted by molar-refractivity contribution is 0.486. The monoisotopic (exact) mass is 450 g/mol. The van der Waals surface area contributed by atoms with Crippen LogP contribution in [0.25, 0.3) is 0 Å². The summed E-state index contributed by atoms with van der Waals surface area (Å²) in [6.45, 7) is 2.65. The first-order valence-corrected chi connectivity index (χ1v) is 8.13. The Morgan fingerprint density at radius 3 is 2.76 bits per heavy atom. The molecule has 25 heavy (non-hydrogen) atoms. The predicted octanol–water partition coefficient (Wildman–Crippen LogP) is 2.47. The number of nitriles is 1. The minimum atomic E-state index is 0. The van der Waals surface area contributed by atoms with Gasteiger partial charge in [-0.25, -0.2) is 0 Å². The minimum Gasteiger partial charge on any atom is -0.352 e. The van der Waals surface area contributed by atoms with Crippen molar-refractivity contribution < 1.29 is 0 Å². The smallest absolute Gasteiger partial charge is 0.193 e. The van der Waals surface area contributed by atoms with E-state index < -0.39 is 0 Å². The Morgan fingerprint density at radius 2 is 2.16 bits per heavy atom. The molecule has 1 N–H and O–H groups in total. The fourth-order valence-corrected chi connectivity index (χ4v) is 3.09. The van der Waals surface area contributed by atoms with Crippen LogP contribution in [-0.4, -0.2) is 40.8 Å². The molecule has 0 amide bonds. The molecule has 0 spiro atoms. The van der Waals surface area contributed by atoms with Crippen molar-refractivity contribution in [3.8, 4) is 6.07 Å². The third kappa shape index (κ3) is 4.72. The molecule has 0 radical (unpaired) electrons. The van der Waals surface area contributed by atoms with E-state index in [4.69, 9.17) is 5.26 Å². The second kappa shape index (κ2) is 8.85. The summed E-state index contributed by atoms with van der Waals surface area (Å²) in [4.78, 5) is 6.70. The van der Waals surface area contributed by atoms with Crippen LogP contribution in [0.5, 0.6) is 0 Å². The number of hydrogen-bond acceptors (Lipinski definition) is 3. The molecule has 1 fully saturated rings. The molecular weight excluding hydrogens is 427 g/mol. The van der Waals surface area contributed by atoms with Crippen LogP contribution in [0.1, 0.15) is 29.0 Å². The number of aliphatic imine (C=N–C) groups is 1. The SMILES string of the molecule is CN=C(NCc1ccc(C#N)cc1)N1CCC(c2cnn(C)c2)C1.I. The lowest BCUT2D eigenvalue weighted by Crippen LogP contribution is -2.39. The zero-order valence-electron chi connectivity index (χ0n) is 14.5. The zero-order valence-corrected chi connectivity index (χ0v) is 16.8. The summed E-state index contributed by atoms with van der Waals surface area (Å²) in [6.07, 6.45) is 5.17. The first-order valence-electron chi connectivity index (χ1n) is 8.13. The molecule has 0 saturated carbocycles. The quantitative estimate of drug-likeness (QED) is 0.443. The Bertz CT molecular complexity index is 759. The van der Waals surface area contributed by atoms with Gasteiger partial charge in [-0.3, -0.25) is 9.67 Å². The predicted molar refractivity (Wildman–Crippen MR) is 109 cm³/mol. The van der Waals surface area contributed by atoms with Crippen molar-refractivity contribution in [3.63, 3.8) is 0 Å². The van der Waals surface area contributed by atoms with Gasteiger partial charge in [0, 0.05) is 45.8 Å². The summed E-state index contributed by atoms with van der Waals surface area (Å²) in [6, 6.07) is 9.77.